The number of thiophene rings is 1. The van der Waals surface area contributed by atoms with Crippen molar-refractivity contribution < 1.29 is 8.42 Å². The normalized spacial score (nSPS) is 17.3. The number of benzene rings is 1. The Morgan fingerprint density at radius 1 is 1.06 bits per heavy atom. The largest absolute Gasteiger partial charge is 0.314 e. The lowest BCUT2D eigenvalue weighted by Crippen LogP contribution is -2.12. The van der Waals surface area contributed by atoms with Crippen LogP contribution in [0.25, 0.3) is 11.1 Å². The summed E-state index contributed by atoms with van der Waals surface area (Å²) in [4.78, 5) is 0. The van der Waals surface area contributed by atoms with Crippen LogP contribution in [0, 0.1) is 12.8 Å². The molecule has 1 aromatic carbocycles. The molecule has 0 aliphatic heterocycles. The summed E-state index contributed by atoms with van der Waals surface area (Å²) < 4.78 is 33.3. The average Bonchev–Trinajstić information content (AvgIpc) is 3.46. The molecule has 5 rings (SSSR count). The van der Waals surface area contributed by atoms with Gasteiger partial charge in [0.1, 0.15) is 9.92 Å². The quantitative estimate of drug-likeness (QED) is 0.301. The number of sulfonamides is 1. The summed E-state index contributed by atoms with van der Waals surface area (Å²) in [5.74, 6) is 0.694. The van der Waals surface area contributed by atoms with Gasteiger partial charge in [0, 0.05) is 17.3 Å². The van der Waals surface area contributed by atoms with Crippen LogP contribution in [0.3, 0.4) is 0 Å². The Bertz CT molecular complexity index is 1460. The van der Waals surface area contributed by atoms with Crippen LogP contribution in [0.1, 0.15) is 48.6 Å². The average molecular weight is 475 g/mol. The lowest BCUT2D eigenvalue weighted by atomic mass is 9.86. The van der Waals surface area contributed by atoms with Gasteiger partial charge in [-0.15, -0.1) is 11.3 Å². The third kappa shape index (κ3) is 4.09. The van der Waals surface area contributed by atoms with Crippen molar-refractivity contribution in [2.45, 2.75) is 37.3 Å². The van der Waals surface area contributed by atoms with Gasteiger partial charge in [0.15, 0.2) is 0 Å². The molecule has 0 N–H and O–H groups in total. The van der Waals surface area contributed by atoms with E-state index in [1.54, 1.807) is 17.5 Å². The summed E-state index contributed by atoms with van der Waals surface area (Å²) in [6.45, 7) is 4.38. The fourth-order valence-corrected chi connectivity index (χ4v) is 6.61. The smallest absolute Gasteiger partial charge is 0.292 e. The third-order valence-electron chi connectivity index (χ3n) is 6.31. The SMILES string of the molecule is Cc1c(C2=CC[C@H](C)CC2)c2ccccn2c1C(=NS(=O)(=O)c1cccs1)c1ccccc1. The van der Waals surface area contributed by atoms with Crippen molar-refractivity contribution in [2.75, 3.05) is 0 Å². The molecule has 0 saturated heterocycles. The number of nitrogens with zero attached hydrogens (tertiary/aromatic N) is 2. The topological polar surface area (TPSA) is 50.9 Å². The maximum Gasteiger partial charge on any atom is 0.292 e. The molecular formula is C27H26N2O2S2. The molecule has 0 amide bonds. The summed E-state index contributed by atoms with van der Waals surface area (Å²) in [5.41, 5.74) is 6.77. The van der Waals surface area contributed by atoms with Crippen LogP contribution in [-0.2, 0) is 10.0 Å². The minimum Gasteiger partial charge on any atom is -0.314 e. The van der Waals surface area contributed by atoms with Crippen LogP contribution < -0.4 is 0 Å². The molecule has 0 unspecified atom stereocenters. The second-order valence-electron chi connectivity index (χ2n) is 8.63. The first-order chi connectivity index (χ1) is 16.0. The first kappa shape index (κ1) is 21.9. The van der Waals surface area contributed by atoms with Crippen molar-refractivity contribution in [1.29, 1.82) is 0 Å². The van der Waals surface area contributed by atoms with E-state index >= 15 is 0 Å². The summed E-state index contributed by atoms with van der Waals surface area (Å²) in [5, 5.41) is 1.76. The maximum absolute atomic E-state index is 13.2. The Kier molecular flexibility index (Phi) is 5.81. The van der Waals surface area contributed by atoms with Crippen LogP contribution in [0.4, 0.5) is 0 Å². The first-order valence-corrected chi connectivity index (χ1v) is 13.5. The monoisotopic (exact) mass is 474 g/mol. The van der Waals surface area contributed by atoms with Crippen LogP contribution >= 0.6 is 11.3 Å². The number of pyridine rings is 1. The molecule has 0 radical (unpaired) electrons. The number of rotatable bonds is 5. The molecular weight excluding hydrogens is 448 g/mol. The minimum absolute atomic E-state index is 0.249. The predicted molar refractivity (Wildman–Crippen MR) is 137 cm³/mol. The lowest BCUT2D eigenvalue weighted by molar-refractivity contribution is 0.534. The molecule has 3 aromatic heterocycles. The molecule has 1 aliphatic rings. The Morgan fingerprint density at radius 2 is 1.85 bits per heavy atom. The van der Waals surface area contributed by atoms with Gasteiger partial charge in [-0.1, -0.05) is 55.5 Å². The van der Waals surface area contributed by atoms with E-state index in [9.17, 15) is 8.42 Å². The highest BCUT2D eigenvalue weighted by atomic mass is 32.2. The molecule has 3 heterocycles. The number of hydrogen-bond donors (Lipinski definition) is 0. The molecule has 4 aromatic rings. The Labute approximate surface area is 199 Å². The van der Waals surface area contributed by atoms with E-state index in [0.29, 0.717) is 11.6 Å². The Morgan fingerprint density at radius 3 is 2.55 bits per heavy atom. The van der Waals surface area contributed by atoms with Gasteiger partial charge in [-0.05, 0) is 66.8 Å². The van der Waals surface area contributed by atoms with E-state index < -0.39 is 10.0 Å². The van der Waals surface area contributed by atoms with Gasteiger partial charge in [0.05, 0.1) is 11.2 Å². The van der Waals surface area contributed by atoms with Crippen molar-refractivity contribution in [3.8, 4) is 0 Å². The summed E-state index contributed by atoms with van der Waals surface area (Å²) >= 11 is 1.19. The van der Waals surface area contributed by atoms with Gasteiger partial charge in [-0.3, -0.25) is 0 Å². The van der Waals surface area contributed by atoms with Crippen molar-refractivity contribution in [3.05, 3.63) is 101 Å². The third-order valence-corrected chi connectivity index (χ3v) is 8.96. The molecule has 168 valence electrons. The lowest BCUT2D eigenvalue weighted by Gasteiger charge is -2.18. The molecule has 1 atom stereocenters. The highest BCUT2D eigenvalue weighted by Crippen LogP contribution is 2.37. The van der Waals surface area contributed by atoms with Gasteiger partial charge < -0.3 is 4.40 Å². The van der Waals surface area contributed by atoms with E-state index in [4.69, 9.17) is 0 Å². The summed E-state index contributed by atoms with van der Waals surface area (Å²) in [6, 6.07) is 19.1. The van der Waals surface area contributed by atoms with E-state index in [1.165, 1.54) is 22.5 Å². The van der Waals surface area contributed by atoms with E-state index in [1.807, 2.05) is 48.7 Å². The summed E-state index contributed by atoms with van der Waals surface area (Å²) in [6.07, 6.45) is 7.62. The van der Waals surface area contributed by atoms with Gasteiger partial charge in [0.2, 0.25) is 0 Å². The molecule has 0 fully saturated rings. The fraction of sp³-hybridized carbons (Fsp3) is 0.222. The molecule has 4 nitrogen and oxygen atoms in total. The van der Waals surface area contributed by atoms with Gasteiger partial charge >= 0.3 is 0 Å². The zero-order valence-electron chi connectivity index (χ0n) is 18.7. The molecule has 33 heavy (non-hydrogen) atoms. The second kappa shape index (κ2) is 8.76. The number of hydrogen-bond acceptors (Lipinski definition) is 3. The van der Waals surface area contributed by atoms with Gasteiger partial charge in [-0.25, -0.2) is 0 Å². The van der Waals surface area contributed by atoms with Gasteiger partial charge in [0.25, 0.3) is 10.0 Å². The number of fused-ring (bicyclic) bond motifs is 1. The first-order valence-electron chi connectivity index (χ1n) is 11.2. The van der Waals surface area contributed by atoms with Crippen LogP contribution in [-0.4, -0.2) is 18.5 Å². The van der Waals surface area contributed by atoms with Crippen LogP contribution in [0.15, 0.2) is 86.9 Å². The van der Waals surface area contributed by atoms with E-state index in [2.05, 4.69) is 34.8 Å². The Hall–Kier alpha value is -2.96. The zero-order chi connectivity index (χ0) is 23.0. The molecule has 0 saturated carbocycles. The zero-order valence-corrected chi connectivity index (χ0v) is 20.4. The highest BCUT2D eigenvalue weighted by molar-refractivity contribution is 7.92. The molecule has 0 bridgehead atoms. The fourth-order valence-electron chi connectivity index (χ4n) is 4.63. The molecule has 0 spiro atoms. The van der Waals surface area contributed by atoms with Crippen molar-refractivity contribution in [2.24, 2.45) is 10.3 Å². The molecule has 6 heteroatoms. The molecule has 1 aliphatic carbocycles. The van der Waals surface area contributed by atoms with Crippen LogP contribution in [0.5, 0.6) is 0 Å². The number of allylic oxidation sites excluding steroid dienone is 2. The Balaban J connectivity index is 1.80. The van der Waals surface area contributed by atoms with Crippen molar-refractivity contribution in [1.82, 2.24) is 4.40 Å². The van der Waals surface area contributed by atoms with Crippen LogP contribution in [0.2, 0.25) is 0 Å². The van der Waals surface area contributed by atoms with E-state index in [-0.39, 0.29) is 4.21 Å². The highest BCUT2D eigenvalue weighted by Gasteiger charge is 2.26. The second-order valence-corrected chi connectivity index (χ2v) is 11.4. The van der Waals surface area contributed by atoms with Crippen molar-refractivity contribution >= 4 is 38.2 Å². The summed E-state index contributed by atoms with van der Waals surface area (Å²) in [7, 11) is -3.84. The van der Waals surface area contributed by atoms with Gasteiger partial charge in [-0.2, -0.15) is 12.8 Å². The maximum atomic E-state index is 13.2. The minimum atomic E-state index is -3.84. The van der Waals surface area contributed by atoms with Crippen molar-refractivity contribution in [3.63, 3.8) is 0 Å². The standard InChI is InChI=1S/C27H26N2O2S2/c1-19-13-15-21(16-14-19)25-20(2)27(29-17-7-6-11-23(25)29)26(22-9-4-3-5-10-22)28-33(30,31)24-12-8-18-32-24/h3-12,15,17-19H,13-14,16H2,1-2H3/t19-/m0/s1. The van der Waals surface area contributed by atoms with E-state index in [0.717, 1.165) is 41.6 Å². The predicted octanol–water partition coefficient (Wildman–Crippen LogP) is 6.74. The number of aromatic nitrogens is 1.